The van der Waals surface area contributed by atoms with Crippen LogP contribution in [0, 0.1) is 45.4 Å². The van der Waals surface area contributed by atoms with Crippen molar-refractivity contribution in [3.8, 4) is 56.2 Å². The number of pyridine rings is 8. The van der Waals surface area contributed by atoms with E-state index in [1.165, 1.54) is 23.1 Å². The van der Waals surface area contributed by atoms with Crippen molar-refractivity contribution in [1.29, 1.82) is 0 Å². The monoisotopic (exact) mass is 1620 g/mol. The molecule has 9 aromatic carbocycles. The van der Waals surface area contributed by atoms with Crippen LogP contribution in [0.5, 0.6) is 0 Å². The SMILES string of the molecule is Cc1ccc2c(oc3nc4ccccc4cc32)c1-c1cc(-c2ccccc2)cc[n+]1C.[2H]C([2H])(c1cc[n+](C)c(-c2c(C)ccc3c2oc2nc4ccccc4cc23)c1)C(C)C.[2H]C([2H])(c1cc[n+](C)c(-c2c(C)ccc3c2oc2nc4ccccc4cc23)c1)C1CCCC1.[2H]C([2H])(c1cc[n+](C)c(-c2c(C)ccc3c2oc2nc4ccccc4cc23)c1)C1CCCCC1. The molecule has 0 bridgehead atoms. The summed E-state index contributed by atoms with van der Waals surface area (Å²) in [6, 6.07) is 84.7. The van der Waals surface area contributed by atoms with Gasteiger partial charge in [-0.05, 0) is 163 Å². The van der Waals surface area contributed by atoms with E-state index in [0.717, 1.165) is 233 Å². The second kappa shape index (κ2) is 32.8. The first-order chi connectivity index (χ1) is 62.3. The molecule has 0 unspecified atom stereocenters. The van der Waals surface area contributed by atoms with Crippen LogP contribution < -0.4 is 18.3 Å². The Bertz CT molecular complexity index is 8020. The van der Waals surface area contributed by atoms with E-state index in [0.29, 0.717) is 28.4 Å². The van der Waals surface area contributed by atoms with Crippen LogP contribution in [0.4, 0.5) is 0 Å². The van der Waals surface area contributed by atoms with E-state index in [4.69, 9.17) is 45.8 Å². The maximum absolute atomic E-state index is 9.00. The topological polar surface area (TPSA) is 120 Å². The summed E-state index contributed by atoms with van der Waals surface area (Å²) in [5, 5.41) is 12.6. The van der Waals surface area contributed by atoms with Crippen molar-refractivity contribution in [3.05, 3.63) is 312 Å². The summed E-state index contributed by atoms with van der Waals surface area (Å²) in [6.07, 6.45) is 13.4. The second-order valence-corrected chi connectivity index (χ2v) is 34.0. The summed E-state index contributed by atoms with van der Waals surface area (Å²) in [5.41, 5.74) is 26.6. The van der Waals surface area contributed by atoms with E-state index in [9.17, 15) is 0 Å². The summed E-state index contributed by atoms with van der Waals surface area (Å²) in [7, 11) is 8.09. The number of hydrogen-bond acceptors (Lipinski definition) is 8. The maximum Gasteiger partial charge on any atom is 0.227 e. The molecule has 12 nitrogen and oxygen atoms in total. The first-order valence-electron chi connectivity index (χ1n) is 46.3. The zero-order valence-corrected chi connectivity index (χ0v) is 71.3. The average molecular weight is 1620 g/mol. The molecule has 0 spiro atoms. The zero-order valence-electron chi connectivity index (χ0n) is 77.3. The molecule has 2 fully saturated rings. The van der Waals surface area contributed by atoms with Crippen molar-refractivity contribution in [2.24, 2.45) is 45.9 Å². The average Bonchev–Trinajstić information content (AvgIpc) is 1.58. The lowest BCUT2D eigenvalue weighted by Gasteiger charge is -2.21. The summed E-state index contributed by atoms with van der Waals surface area (Å²) < 4.78 is 86.8. The molecule has 12 heteroatoms. The van der Waals surface area contributed by atoms with Crippen molar-refractivity contribution >= 4 is 132 Å². The largest absolute Gasteiger partial charge is 0.437 e. The zero-order chi connectivity index (χ0) is 89.1. The first-order valence-corrected chi connectivity index (χ1v) is 43.3. The van der Waals surface area contributed by atoms with Crippen LogP contribution in [0.2, 0.25) is 0 Å². The minimum atomic E-state index is -1.42. The molecular formula is C111H102N8O4+4. The fourth-order valence-electron chi connectivity index (χ4n) is 18.6. The predicted molar refractivity (Wildman–Crippen MR) is 501 cm³/mol. The van der Waals surface area contributed by atoms with Gasteiger partial charge in [-0.25, -0.2) is 38.2 Å². The number of fused-ring (bicyclic) bond motifs is 16. The number of rotatable bonds is 11. The van der Waals surface area contributed by atoms with Crippen molar-refractivity contribution in [2.45, 2.75) is 118 Å². The number of hydrogen-bond donors (Lipinski definition) is 0. The third-order valence-corrected chi connectivity index (χ3v) is 25.1. The van der Waals surface area contributed by atoms with Gasteiger partial charge in [0.05, 0.1) is 44.3 Å². The van der Waals surface area contributed by atoms with Crippen LogP contribution in [-0.2, 0) is 47.3 Å². The summed E-state index contributed by atoms with van der Waals surface area (Å²) >= 11 is 0. The Balaban J connectivity index is 0.000000108. The smallest absolute Gasteiger partial charge is 0.227 e. The van der Waals surface area contributed by atoms with Gasteiger partial charge in [0.1, 0.15) is 28.2 Å². The number of aromatic nitrogens is 8. The Morgan fingerprint density at radius 1 is 0.309 bits per heavy atom. The second-order valence-electron chi connectivity index (χ2n) is 34.0. The Kier molecular flexibility index (Phi) is 19.0. The van der Waals surface area contributed by atoms with E-state index >= 15 is 0 Å². The van der Waals surface area contributed by atoms with Gasteiger partial charge in [0.2, 0.25) is 45.6 Å². The lowest BCUT2D eigenvalue weighted by molar-refractivity contribution is -0.660. The van der Waals surface area contributed by atoms with E-state index < -0.39 is 19.1 Å². The lowest BCUT2D eigenvalue weighted by atomic mass is 9.85. The number of para-hydroxylation sites is 4. The van der Waals surface area contributed by atoms with Crippen LogP contribution in [0.25, 0.3) is 188 Å². The molecule has 2 aliphatic rings. The van der Waals surface area contributed by atoms with E-state index in [1.807, 2.05) is 173 Å². The van der Waals surface area contributed by atoms with Crippen LogP contribution >= 0.6 is 0 Å². The minimum Gasteiger partial charge on any atom is -0.437 e. The molecular weight excluding hydrogens is 1510 g/mol. The van der Waals surface area contributed by atoms with Crippen LogP contribution in [0.15, 0.2) is 291 Å². The van der Waals surface area contributed by atoms with Gasteiger partial charge in [-0.2, -0.15) is 0 Å². The highest BCUT2D eigenvalue weighted by molar-refractivity contribution is 6.15. The Morgan fingerprint density at radius 2 is 0.602 bits per heavy atom. The van der Waals surface area contributed by atoms with E-state index in [2.05, 4.69) is 188 Å². The molecule has 0 N–H and O–H groups in total. The van der Waals surface area contributed by atoms with Crippen molar-refractivity contribution in [3.63, 3.8) is 0 Å². The maximum atomic E-state index is 9.00. The molecule has 2 saturated carbocycles. The molecule has 21 aromatic rings. The van der Waals surface area contributed by atoms with Crippen LogP contribution in [0.1, 0.15) is 119 Å². The fraction of sp³-hybridized carbons (Fsp3) is 0.225. The fourth-order valence-corrected chi connectivity index (χ4v) is 18.6. The highest BCUT2D eigenvalue weighted by Crippen LogP contribution is 2.44. The standard InChI is InChI=1S/C29H29N2O.C28H27N2O.C28H21N2O.C26H25N2O/c1-19-12-13-23-24-18-22-10-6-7-11-25(22)30-29(24)32-28(23)27(19)26-17-21(14-15-31(26)2)16-20-8-4-3-5-9-20;1-18-11-12-22-23-17-21-9-5-6-10-24(21)29-28(23)31-27(22)26(18)25-16-20(13-14-30(25)2)15-19-7-3-4-8-19;1-18-12-13-22-23-16-21-10-6-7-11-24(21)29-28(23)31-27(22)26(18)25-17-20(14-15-30(25)2)19-8-4-3-5-9-19;1-16(2)13-18-11-12-28(4)23(14-18)24-17(3)9-10-20-21-15-19-7-5-6-8-22(19)27-26(21)29-25(20)24/h6-7,10-15,17-18,20H,3-5,8-9,16H2,1-2H3;5-6,9-14,16-17,19H,3-4,7-8,15H2,1-2H3;3-17H,1-2H3;5-12,14-16H,13H2,1-4H3/q4*+1/i16D2;15D2;;13D2. The minimum absolute atomic E-state index is 0.0709. The Hall–Kier alpha value is -13.6. The Morgan fingerprint density at radius 3 is 0.943 bits per heavy atom. The van der Waals surface area contributed by atoms with Gasteiger partial charge in [0.15, 0.2) is 47.1 Å². The molecule has 23 rings (SSSR count). The van der Waals surface area contributed by atoms with Gasteiger partial charge in [0.25, 0.3) is 0 Å². The van der Waals surface area contributed by atoms with Crippen molar-refractivity contribution in [1.82, 2.24) is 19.9 Å². The van der Waals surface area contributed by atoms with Crippen molar-refractivity contribution < 1.29 is 44.2 Å². The van der Waals surface area contributed by atoms with Gasteiger partial charge in [-0.15, -0.1) is 0 Å². The molecule has 0 atom stereocenters. The summed E-state index contributed by atoms with van der Waals surface area (Å²) in [5.74, 6) is 0.0204. The molecule has 0 amide bonds. The van der Waals surface area contributed by atoms with Gasteiger partial charge >= 0.3 is 0 Å². The van der Waals surface area contributed by atoms with E-state index in [-0.39, 0.29) is 17.8 Å². The van der Waals surface area contributed by atoms with Gasteiger partial charge in [-0.3, -0.25) is 0 Å². The van der Waals surface area contributed by atoms with Crippen molar-refractivity contribution in [2.75, 3.05) is 0 Å². The van der Waals surface area contributed by atoms with Gasteiger partial charge in [0, 0.05) is 121 Å². The highest BCUT2D eigenvalue weighted by atomic mass is 16.4. The number of aryl methyl sites for hydroxylation is 8. The molecule has 0 radical (unpaired) electrons. The molecule has 12 heterocycles. The molecule has 606 valence electrons. The predicted octanol–water partition coefficient (Wildman–Crippen LogP) is 26.5. The molecule has 0 saturated heterocycles. The molecule has 0 aliphatic heterocycles. The number of furan rings is 4. The quantitative estimate of drug-likeness (QED) is 0.117. The van der Waals surface area contributed by atoms with Gasteiger partial charge in [-0.1, -0.05) is 223 Å². The number of nitrogens with zero attached hydrogens (tertiary/aromatic N) is 8. The normalized spacial score (nSPS) is 14.5. The number of benzene rings is 9. The third kappa shape index (κ3) is 15.1. The molecule has 2 aliphatic carbocycles. The third-order valence-electron chi connectivity index (χ3n) is 25.1. The lowest BCUT2D eigenvalue weighted by Crippen LogP contribution is -2.31. The summed E-state index contributed by atoms with van der Waals surface area (Å²) in [6.45, 7) is 12.2. The first kappa shape index (κ1) is 71.2. The van der Waals surface area contributed by atoms with Gasteiger partial charge < -0.3 is 17.7 Å². The summed E-state index contributed by atoms with van der Waals surface area (Å²) in [4.78, 5) is 19.1. The Labute approximate surface area is 724 Å². The highest BCUT2D eigenvalue weighted by Gasteiger charge is 2.29. The molecule has 123 heavy (non-hydrogen) atoms. The molecule has 12 aromatic heterocycles. The van der Waals surface area contributed by atoms with Crippen LogP contribution in [0.3, 0.4) is 0 Å². The van der Waals surface area contributed by atoms with Crippen LogP contribution in [-0.4, -0.2) is 19.9 Å². The van der Waals surface area contributed by atoms with E-state index in [1.54, 1.807) is 0 Å².